The molecule has 188 valence electrons. The number of phenolic OH excluding ortho intramolecular Hbond substituents is 1. The molecule has 1 atom stereocenters. The van der Waals surface area contributed by atoms with Crippen LogP contribution in [0.5, 0.6) is 23.0 Å². The van der Waals surface area contributed by atoms with E-state index in [1.54, 1.807) is 12.1 Å². The molecule has 0 bridgehead atoms. The summed E-state index contributed by atoms with van der Waals surface area (Å²) in [5, 5.41) is 14.2. The van der Waals surface area contributed by atoms with Crippen molar-refractivity contribution in [3.05, 3.63) is 35.0 Å². The lowest BCUT2D eigenvalue weighted by Crippen LogP contribution is -2.47. The number of aromatic hydroxyl groups is 1. The van der Waals surface area contributed by atoms with Crippen LogP contribution in [0.1, 0.15) is 33.3 Å². The van der Waals surface area contributed by atoms with Gasteiger partial charge >= 0.3 is 5.97 Å². The van der Waals surface area contributed by atoms with Crippen molar-refractivity contribution in [2.45, 2.75) is 18.9 Å². The molecule has 0 spiro atoms. The summed E-state index contributed by atoms with van der Waals surface area (Å²) in [5.41, 5.74) is 0.516. The van der Waals surface area contributed by atoms with Crippen molar-refractivity contribution in [1.29, 1.82) is 0 Å². The molecule has 11 nitrogen and oxygen atoms in total. The number of amides is 1. The molecule has 1 amide bonds. The minimum Gasteiger partial charge on any atom is -0.506 e. The highest BCUT2D eigenvalue weighted by Gasteiger charge is 2.52. The van der Waals surface area contributed by atoms with Crippen LogP contribution in [0.2, 0.25) is 0 Å². The Kier molecular flexibility index (Phi) is 5.24. The second-order valence-electron chi connectivity index (χ2n) is 8.71. The minimum atomic E-state index is -1.66. The lowest BCUT2D eigenvalue weighted by Gasteiger charge is -2.19. The first-order valence-electron chi connectivity index (χ1n) is 11.1. The van der Waals surface area contributed by atoms with Gasteiger partial charge in [-0.25, -0.2) is 4.79 Å². The van der Waals surface area contributed by atoms with Crippen LogP contribution in [0.3, 0.4) is 0 Å². The second-order valence-corrected chi connectivity index (χ2v) is 8.71. The predicted molar refractivity (Wildman–Crippen MR) is 130 cm³/mol. The molecule has 0 fully saturated rings. The quantitative estimate of drug-likeness (QED) is 0.277. The van der Waals surface area contributed by atoms with E-state index in [1.165, 1.54) is 46.3 Å². The standard InChI is InChI=1S/C25H25N3O8/c1-25(24(32)36-5)22(30)17-12-6-7-28(14(12)10-15(29)19(17)27-25)23(31)13-8-11-9-16(33-2)20(34-3)21(35-4)18(11)26-13/h8-10,26-27,29H,6-7H2,1-5H3/t25-/m1/s1. The fraction of sp³-hybridized carbons (Fsp3) is 0.320. The van der Waals surface area contributed by atoms with E-state index in [2.05, 4.69) is 10.3 Å². The molecule has 0 saturated carbocycles. The molecule has 2 aliphatic rings. The van der Waals surface area contributed by atoms with Crippen molar-refractivity contribution < 1.29 is 38.4 Å². The average Bonchev–Trinajstić information content (AvgIpc) is 3.56. The number of ketones is 1. The molecule has 5 rings (SSSR count). The van der Waals surface area contributed by atoms with Gasteiger partial charge < -0.3 is 39.3 Å². The maximum Gasteiger partial charge on any atom is 0.339 e. The van der Waals surface area contributed by atoms with Crippen LogP contribution >= 0.6 is 0 Å². The van der Waals surface area contributed by atoms with E-state index in [0.717, 1.165) is 0 Å². The number of carbonyl (C=O) groups is 3. The Morgan fingerprint density at radius 3 is 2.42 bits per heavy atom. The number of aromatic nitrogens is 1. The van der Waals surface area contributed by atoms with Gasteiger partial charge in [0.15, 0.2) is 17.0 Å². The van der Waals surface area contributed by atoms with Gasteiger partial charge in [0.05, 0.1) is 50.9 Å². The van der Waals surface area contributed by atoms with E-state index in [4.69, 9.17) is 18.9 Å². The fourth-order valence-electron chi connectivity index (χ4n) is 5.03. The fourth-order valence-corrected chi connectivity index (χ4v) is 5.03. The zero-order valence-electron chi connectivity index (χ0n) is 20.4. The lowest BCUT2D eigenvalue weighted by atomic mass is 9.92. The molecule has 3 N–H and O–H groups in total. The number of fused-ring (bicyclic) bond motifs is 4. The van der Waals surface area contributed by atoms with Crippen LogP contribution in [0.25, 0.3) is 10.9 Å². The maximum absolute atomic E-state index is 13.6. The van der Waals surface area contributed by atoms with Gasteiger partial charge in [-0.2, -0.15) is 0 Å². The van der Waals surface area contributed by atoms with E-state index < -0.39 is 17.3 Å². The summed E-state index contributed by atoms with van der Waals surface area (Å²) >= 11 is 0. The average molecular weight is 495 g/mol. The van der Waals surface area contributed by atoms with Gasteiger partial charge in [0.2, 0.25) is 11.5 Å². The summed E-state index contributed by atoms with van der Waals surface area (Å²) in [7, 11) is 5.69. The van der Waals surface area contributed by atoms with Crippen LogP contribution in [-0.4, -0.2) is 68.3 Å². The number of benzene rings is 2. The van der Waals surface area contributed by atoms with Gasteiger partial charge in [-0.1, -0.05) is 0 Å². The Balaban J connectivity index is 1.57. The van der Waals surface area contributed by atoms with Crippen molar-refractivity contribution in [3.63, 3.8) is 0 Å². The number of rotatable bonds is 5. The van der Waals surface area contributed by atoms with Crippen LogP contribution < -0.4 is 24.4 Å². The Morgan fingerprint density at radius 2 is 1.78 bits per heavy atom. The number of nitrogens with one attached hydrogen (secondary N) is 2. The predicted octanol–water partition coefficient (Wildman–Crippen LogP) is 2.64. The number of hydrogen-bond acceptors (Lipinski definition) is 9. The van der Waals surface area contributed by atoms with Crippen LogP contribution in [0.15, 0.2) is 18.2 Å². The number of nitrogens with zero attached hydrogens (tertiary/aromatic N) is 1. The molecule has 3 heterocycles. The van der Waals surface area contributed by atoms with Crippen molar-refractivity contribution in [1.82, 2.24) is 4.98 Å². The first-order chi connectivity index (χ1) is 17.2. The van der Waals surface area contributed by atoms with Crippen LogP contribution in [0.4, 0.5) is 11.4 Å². The number of Topliss-reactive ketones (excluding diaryl/α,β-unsaturated/α-hetero) is 1. The molecule has 0 saturated heterocycles. The number of ether oxygens (including phenoxy) is 4. The van der Waals surface area contributed by atoms with Gasteiger partial charge in [0.25, 0.3) is 5.91 Å². The van der Waals surface area contributed by atoms with Gasteiger partial charge in [-0.15, -0.1) is 0 Å². The summed E-state index contributed by atoms with van der Waals surface area (Å²) in [5.74, 6) is -0.648. The van der Waals surface area contributed by atoms with Crippen molar-refractivity contribution in [2.75, 3.05) is 45.2 Å². The Morgan fingerprint density at radius 1 is 1.06 bits per heavy atom. The van der Waals surface area contributed by atoms with E-state index >= 15 is 0 Å². The van der Waals surface area contributed by atoms with E-state index in [1.807, 2.05) is 0 Å². The zero-order valence-corrected chi connectivity index (χ0v) is 20.4. The summed E-state index contributed by atoms with van der Waals surface area (Å²) in [4.78, 5) is 43.8. The van der Waals surface area contributed by atoms with Gasteiger partial charge in [-0.3, -0.25) is 9.59 Å². The number of aromatic amines is 1. The normalized spacial score (nSPS) is 18.0. The third kappa shape index (κ3) is 3.01. The number of hydrogen-bond donors (Lipinski definition) is 3. The van der Waals surface area contributed by atoms with E-state index in [0.29, 0.717) is 45.8 Å². The van der Waals surface area contributed by atoms with Crippen molar-refractivity contribution in [3.8, 4) is 23.0 Å². The molecule has 2 aromatic carbocycles. The Labute approximate surface area is 205 Å². The summed E-state index contributed by atoms with van der Waals surface area (Å²) in [6.07, 6.45) is 0.375. The monoisotopic (exact) mass is 495 g/mol. The molecule has 3 aromatic rings. The van der Waals surface area contributed by atoms with Gasteiger partial charge in [0.1, 0.15) is 11.4 Å². The highest BCUT2D eigenvalue weighted by Crippen LogP contribution is 2.48. The highest BCUT2D eigenvalue weighted by molar-refractivity contribution is 6.26. The molecule has 0 unspecified atom stereocenters. The molecular formula is C25H25N3O8. The molecule has 1 aromatic heterocycles. The largest absolute Gasteiger partial charge is 0.506 e. The zero-order chi connectivity index (χ0) is 25.9. The number of carbonyl (C=O) groups excluding carboxylic acids is 3. The molecule has 2 aliphatic heterocycles. The highest BCUT2D eigenvalue weighted by atomic mass is 16.5. The third-order valence-corrected chi connectivity index (χ3v) is 6.81. The molecule has 0 radical (unpaired) electrons. The molecular weight excluding hydrogens is 470 g/mol. The van der Waals surface area contributed by atoms with Crippen molar-refractivity contribution >= 4 is 39.9 Å². The molecule has 11 heteroatoms. The SMILES string of the molecule is COC(=O)[C@]1(C)Nc2c(O)cc3c(c2C1=O)CCN3C(=O)c1cc2cc(OC)c(OC)c(OC)c2[nH]1. The molecule has 0 aliphatic carbocycles. The van der Waals surface area contributed by atoms with Crippen LogP contribution in [0, 0.1) is 0 Å². The molecule has 36 heavy (non-hydrogen) atoms. The Hall–Kier alpha value is -4.41. The number of esters is 1. The number of methoxy groups -OCH3 is 4. The van der Waals surface area contributed by atoms with Crippen molar-refractivity contribution in [2.24, 2.45) is 0 Å². The first kappa shape index (κ1) is 23.3. The smallest absolute Gasteiger partial charge is 0.339 e. The third-order valence-electron chi connectivity index (χ3n) is 6.81. The summed E-state index contributed by atoms with van der Waals surface area (Å²) in [6, 6.07) is 4.84. The number of phenols is 1. The van der Waals surface area contributed by atoms with Gasteiger partial charge in [-0.05, 0) is 31.0 Å². The first-order valence-corrected chi connectivity index (χ1v) is 11.1. The lowest BCUT2D eigenvalue weighted by molar-refractivity contribution is -0.143. The topological polar surface area (TPSA) is 139 Å². The number of anilines is 2. The second kappa shape index (κ2) is 8.08. The Bertz CT molecular complexity index is 1460. The summed E-state index contributed by atoms with van der Waals surface area (Å²) < 4.78 is 21.1. The number of H-pyrrole nitrogens is 1. The van der Waals surface area contributed by atoms with E-state index in [9.17, 15) is 19.5 Å². The van der Waals surface area contributed by atoms with E-state index in [-0.39, 0.29) is 35.1 Å². The maximum atomic E-state index is 13.6. The van der Waals surface area contributed by atoms with Crippen LogP contribution in [-0.2, 0) is 16.0 Å². The summed E-state index contributed by atoms with van der Waals surface area (Å²) in [6.45, 7) is 1.69. The van der Waals surface area contributed by atoms with Gasteiger partial charge in [0, 0.05) is 18.0 Å². The minimum absolute atomic E-state index is 0.162.